The molecule has 1 aliphatic carbocycles. The summed E-state index contributed by atoms with van der Waals surface area (Å²) < 4.78 is 2.29. The number of aromatic nitrogens is 3. The second-order valence-corrected chi connectivity index (χ2v) is 8.64. The molecule has 2 amide bonds. The molecule has 1 saturated heterocycles. The van der Waals surface area contributed by atoms with E-state index in [4.69, 9.17) is 0 Å². The molecule has 0 unspecified atom stereocenters. The number of carbonyl (C=O) groups is 2. The average molecular weight is 428 g/mol. The minimum atomic E-state index is -0.487. The van der Waals surface area contributed by atoms with E-state index in [-0.39, 0.29) is 23.2 Å². The second kappa shape index (κ2) is 8.64. The van der Waals surface area contributed by atoms with Gasteiger partial charge < -0.3 is 9.80 Å². The maximum absolute atomic E-state index is 13.0. The van der Waals surface area contributed by atoms with E-state index in [0.29, 0.717) is 43.9 Å². The molecule has 2 aromatic rings. The van der Waals surface area contributed by atoms with Gasteiger partial charge in [0.2, 0.25) is 5.91 Å². The third-order valence-corrected chi connectivity index (χ3v) is 6.68. The molecule has 31 heavy (non-hydrogen) atoms. The van der Waals surface area contributed by atoms with Crippen LogP contribution in [-0.4, -0.2) is 61.9 Å². The van der Waals surface area contributed by atoms with Gasteiger partial charge in [-0.15, -0.1) is 0 Å². The molecule has 1 saturated carbocycles. The fourth-order valence-electron chi connectivity index (χ4n) is 4.68. The summed E-state index contributed by atoms with van der Waals surface area (Å²) in [4.78, 5) is 57.8. The molecule has 2 aromatic heterocycles. The quantitative estimate of drug-likeness (QED) is 0.722. The molecule has 0 atom stereocenters. The zero-order valence-electron chi connectivity index (χ0n) is 18.2. The number of hydrogen-bond donors (Lipinski definition) is 0. The fourth-order valence-corrected chi connectivity index (χ4v) is 4.68. The SMILES string of the molecule is Cn1c(=O)c2ccc(C(=O)N3CCN(C(=O)CCC4CCCC4)CC3)nc2n(C)c1=O. The highest BCUT2D eigenvalue weighted by atomic mass is 16.2. The van der Waals surface area contributed by atoms with Crippen molar-refractivity contribution < 1.29 is 9.59 Å². The normalized spacial score (nSPS) is 17.5. The first-order valence-electron chi connectivity index (χ1n) is 11.0. The Bertz CT molecular complexity index is 1120. The molecule has 166 valence electrons. The van der Waals surface area contributed by atoms with E-state index in [0.717, 1.165) is 11.0 Å². The fraction of sp³-hybridized carbons (Fsp3) is 0.591. The van der Waals surface area contributed by atoms with E-state index in [9.17, 15) is 19.2 Å². The van der Waals surface area contributed by atoms with Crippen molar-refractivity contribution >= 4 is 22.8 Å². The molecule has 0 bridgehead atoms. The second-order valence-electron chi connectivity index (χ2n) is 8.64. The van der Waals surface area contributed by atoms with Gasteiger partial charge in [-0.2, -0.15) is 0 Å². The lowest BCUT2D eigenvalue weighted by Gasteiger charge is -2.34. The van der Waals surface area contributed by atoms with Crippen LogP contribution in [0.5, 0.6) is 0 Å². The summed E-state index contributed by atoms with van der Waals surface area (Å²) in [6, 6.07) is 3.07. The van der Waals surface area contributed by atoms with Gasteiger partial charge >= 0.3 is 5.69 Å². The monoisotopic (exact) mass is 427 g/mol. The van der Waals surface area contributed by atoms with Crippen LogP contribution in [0.3, 0.4) is 0 Å². The van der Waals surface area contributed by atoms with Gasteiger partial charge in [0.15, 0.2) is 0 Å². The predicted octanol–water partition coefficient (Wildman–Crippen LogP) is 0.887. The topological polar surface area (TPSA) is 97.5 Å². The van der Waals surface area contributed by atoms with E-state index in [1.54, 1.807) is 11.0 Å². The van der Waals surface area contributed by atoms with Gasteiger partial charge in [0, 0.05) is 46.7 Å². The van der Waals surface area contributed by atoms with Crippen LogP contribution in [0.15, 0.2) is 21.7 Å². The molecule has 2 aliphatic rings. The van der Waals surface area contributed by atoms with E-state index >= 15 is 0 Å². The molecule has 2 fully saturated rings. The van der Waals surface area contributed by atoms with E-state index in [1.165, 1.54) is 50.4 Å². The Morgan fingerprint density at radius 3 is 2.29 bits per heavy atom. The summed E-state index contributed by atoms with van der Waals surface area (Å²) in [5.41, 5.74) is -0.537. The smallest absolute Gasteiger partial charge is 0.332 e. The van der Waals surface area contributed by atoms with Crippen LogP contribution in [0.25, 0.3) is 11.0 Å². The van der Waals surface area contributed by atoms with Crippen LogP contribution in [0, 0.1) is 5.92 Å². The third kappa shape index (κ3) is 4.13. The lowest BCUT2D eigenvalue weighted by atomic mass is 10.0. The maximum atomic E-state index is 13.0. The van der Waals surface area contributed by atoms with Gasteiger partial charge in [0.05, 0.1) is 5.39 Å². The minimum absolute atomic E-state index is 0.175. The molecule has 0 aromatic carbocycles. The molecule has 1 aliphatic heterocycles. The first kappa shape index (κ1) is 21.3. The first-order chi connectivity index (χ1) is 14.9. The van der Waals surface area contributed by atoms with Crippen molar-refractivity contribution in [3.8, 4) is 0 Å². The standard InChI is InChI=1S/C22H29N5O4/c1-24-19-16(20(29)25(2)22(24)31)8-9-17(23-19)21(30)27-13-11-26(12-14-27)18(28)10-7-15-5-3-4-6-15/h8-9,15H,3-7,10-14H2,1-2H3. The Hall–Kier alpha value is -2.97. The van der Waals surface area contributed by atoms with E-state index in [2.05, 4.69) is 4.98 Å². The van der Waals surface area contributed by atoms with Crippen molar-refractivity contribution in [3.63, 3.8) is 0 Å². The highest BCUT2D eigenvalue weighted by molar-refractivity contribution is 5.94. The van der Waals surface area contributed by atoms with Gasteiger partial charge in [-0.05, 0) is 24.5 Å². The number of carbonyl (C=O) groups excluding carboxylic acids is 2. The van der Waals surface area contributed by atoms with Gasteiger partial charge in [-0.25, -0.2) is 9.78 Å². The predicted molar refractivity (Wildman–Crippen MR) is 116 cm³/mol. The molecular formula is C22H29N5O4. The Morgan fingerprint density at radius 2 is 1.61 bits per heavy atom. The number of hydrogen-bond acceptors (Lipinski definition) is 5. The van der Waals surface area contributed by atoms with Crippen molar-refractivity contribution in [1.82, 2.24) is 23.9 Å². The number of nitrogens with zero attached hydrogens (tertiary/aromatic N) is 5. The molecular weight excluding hydrogens is 398 g/mol. The van der Waals surface area contributed by atoms with Crippen LogP contribution in [0.2, 0.25) is 0 Å². The third-order valence-electron chi connectivity index (χ3n) is 6.68. The molecule has 0 spiro atoms. The van der Waals surface area contributed by atoms with Crippen molar-refractivity contribution in [2.75, 3.05) is 26.2 Å². The number of pyridine rings is 1. The van der Waals surface area contributed by atoms with Gasteiger partial charge in [-0.3, -0.25) is 23.5 Å². The molecule has 4 rings (SSSR count). The first-order valence-corrected chi connectivity index (χ1v) is 11.0. The van der Waals surface area contributed by atoms with E-state index < -0.39 is 11.2 Å². The van der Waals surface area contributed by atoms with Crippen molar-refractivity contribution in [1.29, 1.82) is 0 Å². The molecule has 0 radical (unpaired) electrons. The lowest BCUT2D eigenvalue weighted by Crippen LogP contribution is -2.50. The zero-order valence-corrected chi connectivity index (χ0v) is 18.2. The van der Waals surface area contributed by atoms with Crippen molar-refractivity contribution in [2.45, 2.75) is 38.5 Å². The van der Waals surface area contributed by atoms with E-state index in [1.807, 2.05) is 4.90 Å². The Morgan fingerprint density at radius 1 is 0.968 bits per heavy atom. The molecule has 9 heteroatoms. The van der Waals surface area contributed by atoms with Crippen LogP contribution in [-0.2, 0) is 18.9 Å². The van der Waals surface area contributed by atoms with Crippen molar-refractivity contribution in [2.24, 2.45) is 20.0 Å². The number of piperazine rings is 1. The summed E-state index contributed by atoms with van der Waals surface area (Å²) in [6.45, 7) is 1.93. The Balaban J connectivity index is 1.41. The van der Waals surface area contributed by atoms with Crippen LogP contribution in [0.4, 0.5) is 0 Å². The highest BCUT2D eigenvalue weighted by Crippen LogP contribution is 2.28. The summed E-state index contributed by atoms with van der Waals surface area (Å²) in [5.74, 6) is 0.611. The largest absolute Gasteiger partial charge is 0.339 e. The van der Waals surface area contributed by atoms with Gasteiger partial charge in [0.1, 0.15) is 11.3 Å². The molecule has 9 nitrogen and oxygen atoms in total. The minimum Gasteiger partial charge on any atom is -0.339 e. The van der Waals surface area contributed by atoms with Crippen LogP contribution >= 0.6 is 0 Å². The summed E-state index contributed by atoms with van der Waals surface area (Å²) in [6.07, 6.45) is 6.61. The zero-order chi connectivity index (χ0) is 22.1. The highest BCUT2D eigenvalue weighted by Gasteiger charge is 2.26. The number of aryl methyl sites for hydroxylation is 1. The van der Waals surface area contributed by atoms with Gasteiger partial charge in [0.25, 0.3) is 11.5 Å². The summed E-state index contributed by atoms with van der Waals surface area (Å²) in [5, 5.41) is 0.291. The van der Waals surface area contributed by atoms with Crippen LogP contribution in [0.1, 0.15) is 49.0 Å². The Labute approximate surface area is 180 Å². The number of fused-ring (bicyclic) bond motifs is 1. The Kier molecular flexibility index (Phi) is 5.93. The lowest BCUT2D eigenvalue weighted by molar-refractivity contribution is -0.133. The molecule has 0 N–H and O–H groups in total. The number of amides is 2. The maximum Gasteiger partial charge on any atom is 0.332 e. The number of rotatable bonds is 4. The average Bonchev–Trinajstić information content (AvgIpc) is 3.32. The summed E-state index contributed by atoms with van der Waals surface area (Å²) in [7, 11) is 2.94. The van der Waals surface area contributed by atoms with Crippen LogP contribution < -0.4 is 11.2 Å². The van der Waals surface area contributed by atoms with Gasteiger partial charge in [-0.1, -0.05) is 25.7 Å². The summed E-state index contributed by atoms with van der Waals surface area (Å²) >= 11 is 0. The molecule has 3 heterocycles. The van der Waals surface area contributed by atoms with Crippen molar-refractivity contribution in [3.05, 3.63) is 38.7 Å².